The second-order valence-electron chi connectivity index (χ2n) is 5.21. The maximum absolute atomic E-state index is 12.0. The Labute approximate surface area is 118 Å². The average molecular weight is 270 g/mol. The van der Waals surface area contributed by atoms with Gasteiger partial charge in [-0.15, -0.1) is 0 Å². The van der Waals surface area contributed by atoms with Gasteiger partial charge in [-0.25, -0.2) is 0 Å². The highest BCUT2D eigenvalue weighted by atomic mass is 16.3. The summed E-state index contributed by atoms with van der Waals surface area (Å²) >= 11 is 0. The SMILES string of the molecule is Cc1ccoc1CNc1cccc(C(=O)NC2CC2)c1. The molecule has 0 atom stereocenters. The molecule has 104 valence electrons. The lowest BCUT2D eigenvalue weighted by atomic mass is 10.2. The number of rotatable bonds is 5. The van der Waals surface area contributed by atoms with Crippen LogP contribution < -0.4 is 10.6 Å². The van der Waals surface area contributed by atoms with E-state index < -0.39 is 0 Å². The van der Waals surface area contributed by atoms with Crippen molar-refractivity contribution in [3.05, 3.63) is 53.5 Å². The third-order valence-corrected chi connectivity index (χ3v) is 3.46. The summed E-state index contributed by atoms with van der Waals surface area (Å²) in [5.41, 5.74) is 2.74. The first-order valence-electron chi connectivity index (χ1n) is 6.90. The Hall–Kier alpha value is -2.23. The molecular formula is C16H18N2O2. The van der Waals surface area contributed by atoms with Crippen molar-refractivity contribution < 1.29 is 9.21 Å². The molecule has 1 aliphatic carbocycles. The van der Waals surface area contributed by atoms with E-state index >= 15 is 0 Å². The van der Waals surface area contributed by atoms with Crippen LogP contribution in [0, 0.1) is 6.92 Å². The predicted octanol–water partition coefficient (Wildman–Crippen LogP) is 3.09. The van der Waals surface area contributed by atoms with Gasteiger partial charge in [-0.05, 0) is 49.6 Å². The molecule has 1 amide bonds. The molecule has 1 fully saturated rings. The molecule has 1 heterocycles. The van der Waals surface area contributed by atoms with Gasteiger partial charge in [0.25, 0.3) is 5.91 Å². The van der Waals surface area contributed by atoms with Crippen LogP contribution in [0.4, 0.5) is 5.69 Å². The van der Waals surface area contributed by atoms with E-state index in [1.807, 2.05) is 37.3 Å². The summed E-state index contributed by atoms with van der Waals surface area (Å²) in [5, 5.41) is 6.27. The van der Waals surface area contributed by atoms with Crippen molar-refractivity contribution in [1.82, 2.24) is 5.32 Å². The predicted molar refractivity (Wildman–Crippen MR) is 77.7 cm³/mol. The van der Waals surface area contributed by atoms with Gasteiger partial charge in [-0.3, -0.25) is 4.79 Å². The van der Waals surface area contributed by atoms with E-state index in [0.29, 0.717) is 18.2 Å². The van der Waals surface area contributed by atoms with Crippen molar-refractivity contribution >= 4 is 11.6 Å². The van der Waals surface area contributed by atoms with Crippen molar-refractivity contribution in [1.29, 1.82) is 0 Å². The molecular weight excluding hydrogens is 252 g/mol. The van der Waals surface area contributed by atoms with E-state index in [1.54, 1.807) is 6.26 Å². The standard InChI is InChI=1S/C16H18N2O2/c1-11-7-8-20-15(11)10-17-14-4-2-3-12(9-14)16(19)18-13-5-6-13/h2-4,7-9,13,17H,5-6,10H2,1H3,(H,18,19). The maximum atomic E-state index is 12.0. The fraction of sp³-hybridized carbons (Fsp3) is 0.312. The lowest BCUT2D eigenvalue weighted by Crippen LogP contribution is -2.25. The molecule has 0 unspecified atom stereocenters. The van der Waals surface area contributed by atoms with Crippen LogP contribution in [0.5, 0.6) is 0 Å². The van der Waals surface area contributed by atoms with Crippen molar-refractivity contribution in [3.63, 3.8) is 0 Å². The minimum absolute atomic E-state index is 0.00493. The van der Waals surface area contributed by atoms with Crippen LogP contribution in [0.15, 0.2) is 41.0 Å². The average Bonchev–Trinajstić information content (AvgIpc) is 3.17. The summed E-state index contributed by atoms with van der Waals surface area (Å²) in [5.74, 6) is 0.920. The van der Waals surface area contributed by atoms with Gasteiger partial charge in [0.1, 0.15) is 5.76 Å². The summed E-state index contributed by atoms with van der Waals surface area (Å²) in [6.07, 6.45) is 3.88. The van der Waals surface area contributed by atoms with Crippen LogP contribution in [-0.4, -0.2) is 11.9 Å². The summed E-state index contributed by atoms with van der Waals surface area (Å²) in [7, 11) is 0. The van der Waals surface area contributed by atoms with E-state index in [2.05, 4.69) is 10.6 Å². The van der Waals surface area contributed by atoms with E-state index in [9.17, 15) is 4.79 Å². The maximum Gasteiger partial charge on any atom is 0.251 e. The Kier molecular flexibility index (Phi) is 3.46. The first-order chi connectivity index (χ1) is 9.72. The number of hydrogen-bond acceptors (Lipinski definition) is 3. The first-order valence-corrected chi connectivity index (χ1v) is 6.90. The van der Waals surface area contributed by atoms with Crippen molar-refractivity contribution in [2.75, 3.05) is 5.32 Å². The normalized spacial score (nSPS) is 14.1. The molecule has 4 heteroatoms. The van der Waals surface area contributed by atoms with Crippen molar-refractivity contribution in [2.24, 2.45) is 0 Å². The molecule has 2 aromatic rings. The molecule has 0 aliphatic heterocycles. The van der Waals surface area contributed by atoms with Gasteiger partial charge in [0.2, 0.25) is 0 Å². The van der Waals surface area contributed by atoms with Crippen LogP contribution in [-0.2, 0) is 6.54 Å². The fourth-order valence-corrected chi connectivity index (χ4v) is 2.03. The third kappa shape index (κ3) is 3.02. The molecule has 0 radical (unpaired) electrons. The highest BCUT2D eigenvalue weighted by molar-refractivity contribution is 5.95. The minimum atomic E-state index is 0.00493. The molecule has 1 aromatic heterocycles. The summed E-state index contributed by atoms with van der Waals surface area (Å²) in [6.45, 7) is 2.63. The van der Waals surface area contributed by atoms with Crippen LogP contribution in [0.25, 0.3) is 0 Å². The van der Waals surface area contributed by atoms with Gasteiger partial charge in [0.05, 0.1) is 12.8 Å². The summed E-state index contributed by atoms with van der Waals surface area (Å²) < 4.78 is 5.38. The van der Waals surface area contributed by atoms with Gasteiger partial charge < -0.3 is 15.1 Å². The Balaban J connectivity index is 1.64. The molecule has 3 rings (SSSR count). The largest absolute Gasteiger partial charge is 0.467 e. The zero-order valence-electron chi connectivity index (χ0n) is 11.5. The van der Waals surface area contributed by atoms with E-state index in [4.69, 9.17) is 4.42 Å². The molecule has 0 saturated heterocycles. The number of hydrogen-bond donors (Lipinski definition) is 2. The molecule has 20 heavy (non-hydrogen) atoms. The van der Waals surface area contributed by atoms with Crippen LogP contribution in [0.2, 0.25) is 0 Å². The lowest BCUT2D eigenvalue weighted by molar-refractivity contribution is 0.0951. The number of anilines is 1. The van der Waals surface area contributed by atoms with Crippen molar-refractivity contribution in [2.45, 2.75) is 32.4 Å². The Morgan fingerprint density at radius 3 is 2.90 bits per heavy atom. The van der Waals surface area contributed by atoms with Gasteiger partial charge in [-0.1, -0.05) is 6.07 Å². The molecule has 0 bridgehead atoms. The molecule has 1 aliphatic rings. The zero-order valence-corrected chi connectivity index (χ0v) is 11.5. The number of benzene rings is 1. The molecule has 0 spiro atoms. The quantitative estimate of drug-likeness (QED) is 0.877. The minimum Gasteiger partial charge on any atom is -0.467 e. The molecule has 4 nitrogen and oxygen atoms in total. The molecule has 1 saturated carbocycles. The number of nitrogens with one attached hydrogen (secondary N) is 2. The number of amides is 1. The molecule has 1 aromatic carbocycles. The van der Waals surface area contributed by atoms with E-state index in [0.717, 1.165) is 29.9 Å². The third-order valence-electron chi connectivity index (χ3n) is 3.46. The topological polar surface area (TPSA) is 54.3 Å². The van der Waals surface area contributed by atoms with E-state index in [1.165, 1.54) is 0 Å². The Morgan fingerprint density at radius 2 is 2.20 bits per heavy atom. The Bertz CT molecular complexity index is 614. The van der Waals surface area contributed by atoms with Crippen molar-refractivity contribution in [3.8, 4) is 0 Å². The van der Waals surface area contributed by atoms with Gasteiger partial charge in [0.15, 0.2) is 0 Å². The monoisotopic (exact) mass is 270 g/mol. The highest BCUT2D eigenvalue weighted by Crippen LogP contribution is 2.20. The highest BCUT2D eigenvalue weighted by Gasteiger charge is 2.23. The van der Waals surface area contributed by atoms with Crippen LogP contribution in [0.1, 0.15) is 34.5 Å². The fourth-order valence-electron chi connectivity index (χ4n) is 2.03. The number of carbonyl (C=O) groups is 1. The first kappa shape index (κ1) is 12.8. The second kappa shape index (κ2) is 5.41. The van der Waals surface area contributed by atoms with Crippen LogP contribution in [0.3, 0.4) is 0 Å². The molecule has 2 N–H and O–H groups in total. The number of carbonyl (C=O) groups excluding carboxylic acids is 1. The lowest BCUT2D eigenvalue weighted by Gasteiger charge is -2.08. The summed E-state index contributed by atoms with van der Waals surface area (Å²) in [4.78, 5) is 12.0. The van der Waals surface area contributed by atoms with Gasteiger partial charge in [0, 0.05) is 17.3 Å². The van der Waals surface area contributed by atoms with Crippen LogP contribution >= 0.6 is 0 Å². The number of aryl methyl sites for hydroxylation is 1. The van der Waals surface area contributed by atoms with Gasteiger partial charge >= 0.3 is 0 Å². The van der Waals surface area contributed by atoms with E-state index in [-0.39, 0.29) is 5.91 Å². The second-order valence-corrected chi connectivity index (χ2v) is 5.21. The number of furan rings is 1. The Morgan fingerprint density at radius 1 is 1.35 bits per heavy atom. The summed E-state index contributed by atoms with van der Waals surface area (Å²) in [6, 6.07) is 9.86. The smallest absolute Gasteiger partial charge is 0.251 e. The zero-order chi connectivity index (χ0) is 13.9. The van der Waals surface area contributed by atoms with Gasteiger partial charge in [-0.2, -0.15) is 0 Å².